The van der Waals surface area contributed by atoms with Crippen molar-refractivity contribution in [1.29, 1.82) is 0 Å². The Kier molecular flexibility index (Phi) is 4.11. The van der Waals surface area contributed by atoms with Crippen molar-refractivity contribution in [2.24, 2.45) is 5.41 Å². The first-order chi connectivity index (χ1) is 7.84. The standard InChI is InChI=1S/C15H20O2/c1-5-11-6-8-12(9-7-11)13(10-14(16)17)15(2,3)4/h6-10H,5H2,1-4H3,(H,16,17)/b13-10-. The van der Waals surface area contributed by atoms with Crippen LogP contribution in [0.4, 0.5) is 0 Å². The highest BCUT2D eigenvalue weighted by molar-refractivity contribution is 5.91. The molecule has 0 atom stereocenters. The normalized spacial score (nSPS) is 12.6. The van der Waals surface area contributed by atoms with Crippen molar-refractivity contribution >= 4 is 11.5 Å². The number of carbonyl (C=O) groups is 1. The van der Waals surface area contributed by atoms with Crippen LogP contribution in [0, 0.1) is 5.41 Å². The van der Waals surface area contributed by atoms with Gasteiger partial charge in [-0.1, -0.05) is 52.0 Å². The van der Waals surface area contributed by atoms with E-state index in [1.807, 2.05) is 32.9 Å². The second kappa shape index (κ2) is 5.17. The summed E-state index contributed by atoms with van der Waals surface area (Å²) in [6, 6.07) is 8.10. The van der Waals surface area contributed by atoms with Crippen molar-refractivity contribution in [3.63, 3.8) is 0 Å². The van der Waals surface area contributed by atoms with E-state index in [1.165, 1.54) is 11.6 Å². The molecule has 0 saturated carbocycles. The quantitative estimate of drug-likeness (QED) is 0.805. The van der Waals surface area contributed by atoms with Gasteiger partial charge in [0.2, 0.25) is 0 Å². The van der Waals surface area contributed by atoms with Crippen LogP contribution in [-0.2, 0) is 11.2 Å². The Hall–Kier alpha value is -1.57. The predicted octanol–water partition coefficient (Wildman–Crippen LogP) is 3.76. The molecule has 0 spiro atoms. The van der Waals surface area contributed by atoms with Crippen LogP contribution in [0.2, 0.25) is 0 Å². The highest BCUT2D eigenvalue weighted by Crippen LogP contribution is 2.33. The first-order valence-corrected chi connectivity index (χ1v) is 5.89. The Balaban J connectivity index is 3.19. The Morgan fingerprint density at radius 2 is 1.76 bits per heavy atom. The van der Waals surface area contributed by atoms with E-state index < -0.39 is 5.97 Å². The molecule has 17 heavy (non-hydrogen) atoms. The molecule has 0 bridgehead atoms. The highest BCUT2D eigenvalue weighted by atomic mass is 16.4. The molecule has 0 aromatic heterocycles. The average molecular weight is 232 g/mol. The second-order valence-corrected chi connectivity index (χ2v) is 5.20. The Labute approximate surface area is 103 Å². The average Bonchev–Trinajstić information content (AvgIpc) is 2.24. The number of carboxylic acid groups (broad SMARTS) is 1. The molecule has 0 fully saturated rings. The van der Waals surface area contributed by atoms with Crippen molar-refractivity contribution in [3.05, 3.63) is 41.5 Å². The zero-order chi connectivity index (χ0) is 13.1. The summed E-state index contributed by atoms with van der Waals surface area (Å²) < 4.78 is 0. The number of hydrogen-bond donors (Lipinski definition) is 1. The lowest BCUT2D eigenvalue weighted by atomic mass is 9.81. The van der Waals surface area contributed by atoms with E-state index in [2.05, 4.69) is 19.1 Å². The Morgan fingerprint density at radius 3 is 2.12 bits per heavy atom. The number of carboxylic acids is 1. The van der Waals surface area contributed by atoms with Crippen molar-refractivity contribution in [3.8, 4) is 0 Å². The molecular weight excluding hydrogens is 212 g/mol. The minimum Gasteiger partial charge on any atom is -0.478 e. The number of allylic oxidation sites excluding steroid dienone is 1. The van der Waals surface area contributed by atoms with Gasteiger partial charge in [-0.25, -0.2) is 4.79 Å². The topological polar surface area (TPSA) is 37.3 Å². The molecular formula is C15H20O2. The van der Waals surface area contributed by atoms with Crippen LogP contribution < -0.4 is 0 Å². The molecule has 0 saturated heterocycles. The van der Waals surface area contributed by atoms with Gasteiger partial charge in [-0.15, -0.1) is 0 Å². The summed E-state index contributed by atoms with van der Waals surface area (Å²) in [6.45, 7) is 8.17. The fourth-order valence-corrected chi connectivity index (χ4v) is 1.78. The summed E-state index contributed by atoms with van der Waals surface area (Å²) in [7, 11) is 0. The van der Waals surface area contributed by atoms with Gasteiger partial charge in [-0.3, -0.25) is 0 Å². The van der Waals surface area contributed by atoms with Gasteiger partial charge in [0.05, 0.1) is 0 Å². The SMILES string of the molecule is CCc1ccc(/C(=C/C(=O)O)C(C)(C)C)cc1. The van der Waals surface area contributed by atoms with Gasteiger partial charge >= 0.3 is 5.97 Å². The summed E-state index contributed by atoms with van der Waals surface area (Å²) >= 11 is 0. The van der Waals surface area contributed by atoms with E-state index in [9.17, 15) is 4.79 Å². The molecule has 92 valence electrons. The predicted molar refractivity (Wildman–Crippen MR) is 70.9 cm³/mol. The lowest BCUT2D eigenvalue weighted by molar-refractivity contribution is -0.131. The van der Waals surface area contributed by atoms with E-state index in [0.717, 1.165) is 17.6 Å². The van der Waals surface area contributed by atoms with E-state index in [4.69, 9.17) is 5.11 Å². The van der Waals surface area contributed by atoms with Crippen LogP contribution in [0.25, 0.3) is 5.57 Å². The Morgan fingerprint density at radius 1 is 1.24 bits per heavy atom. The van der Waals surface area contributed by atoms with Gasteiger partial charge in [-0.2, -0.15) is 0 Å². The van der Waals surface area contributed by atoms with Gasteiger partial charge in [0.25, 0.3) is 0 Å². The van der Waals surface area contributed by atoms with E-state index in [0.29, 0.717) is 0 Å². The minimum atomic E-state index is -0.894. The third-order valence-corrected chi connectivity index (χ3v) is 2.75. The maximum absolute atomic E-state index is 10.9. The molecule has 2 heteroatoms. The number of aryl methyl sites for hydroxylation is 1. The zero-order valence-corrected chi connectivity index (χ0v) is 10.9. The largest absolute Gasteiger partial charge is 0.478 e. The van der Waals surface area contributed by atoms with Crippen molar-refractivity contribution in [1.82, 2.24) is 0 Å². The summed E-state index contributed by atoms with van der Waals surface area (Å²) in [5.41, 5.74) is 2.92. The number of benzene rings is 1. The minimum absolute atomic E-state index is 0.174. The zero-order valence-electron chi connectivity index (χ0n) is 10.9. The van der Waals surface area contributed by atoms with Gasteiger partial charge in [-0.05, 0) is 28.5 Å². The van der Waals surface area contributed by atoms with Crippen LogP contribution in [0.1, 0.15) is 38.8 Å². The Bertz CT molecular complexity index is 419. The molecule has 0 aliphatic heterocycles. The third-order valence-electron chi connectivity index (χ3n) is 2.75. The fraction of sp³-hybridized carbons (Fsp3) is 0.400. The van der Waals surface area contributed by atoms with Crippen molar-refractivity contribution < 1.29 is 9.90 Å². The molecule has 0 radical (unpaired) electrons. The monoisotopic (exact) mass is 232 g/mol. The van der Waals surface area contributed by atoms with Gasteiger partial charge in [0.15, 0.2) is 0 Å². The smallest absolute Gasteiger partial charge is 0.328 e. The number of aliphatic carboxylic acids is 1. The first kappa shape index (κ1) is 13.5. The lowest BCUT2D eigenvalue weighted by Gasteiger charge is -2.23. The highest BCUT2D eigenvalue weighted by Gasteiger charge is 2.19. The number of rotatable bonds is 3. The molecule has 2 nitrogen and oxygen atoms in total. The van der Waals surface area contributed by atoms with Crippen LogP contribution in [0.3, 0.4) is 0 Å². The van der Waals surface area contributed by atoms with Crippen LogP contribution in [0.15, 0.2) is 30.3 Å². The molecule has 0 heterocycles. The first-order valence-electron chi connectivity index (χ1n) is 5.89. The molecule has 1 aromatic rings. The molecule has 0 unspecified atom stereocenters. The van der Waals surface area contributed by atoms with Crippen molar-refractivity contribution in [2.75, 3.05) is 0 Å². The van der Waals surface area contributed by atoms with Crippen LogP contribution in [0.5, 0.6) is 0 Å². The summed E-state index contributed by atoms with van der Waals surface area (Å²) in [6.07, 6.45) is 2.30. The third kappa shape index (κ3) is 3.74. The lowest BCUT2D eigenvalue weighted by Crippen LogP contribution is -2.10. The van der Waals surface area contributed by atoms with E-state index in [-0.39, 0.29) is 5.41 Å². The van der Waals surface area contributed by atoms with Crippen molar-refractivity contribution in [2.45, 2.75) is 34.1 Å². The van der Waals surface area contributed by atoms with Gasteiger partial charge < -0.3 is 5.11 Å². The molecule has 0 aliphatic rings. The summed E-state index contributed by atoms with van der Waals surface area (Å²) in [5.74, 6) is -0.894. The van der Waals surface area contributed by atoms with Gasteiger partial charge in [0.1, 0.15) is 0 Å². The number of hydrogen-bond acceptors (Lipinski definition) is 1. The maximum atomic E-state index is 10.9. The molecule has 0 aliphatic carbocycles. The maximum Gasteiger partial charge on any atom is 0.328 e. The van der Waals surface area contributed by atoms with Crippen LogP contribution in [-0.4, -0.2) is 11.1 Å². The fourth-order valence-electron chi connectivity index (χ4n) is 1.78. The van der Waals surface area contributed by atoms with Crippen LogP contribution >= 0.6 is 0 Å². The molecule has 0 amide bonds. The summed E-state index contributed by atoms with van der Waals surface area (Å²) in [4.78, 5) is 10.9. The summed E-state index contributed by atoms with van der Waals surface area (Å²) in [5, 5.41) is 8.93. The van der Waals surface area contributed by atoms with E-state index >= 15 is 0 Å². The molecule has 1 aromatic carbocycles. The molecule has 1 rings (SSSR count). The van der Waals surface area contributed by atoms with E-state index in [1.54, 1.807) is 0 Å². The molecule has 1 N–H and O–H groups in total. The second-order valence-electron chi connectivity index (χ2n) is 5.20. The van der Waals surface area contributed by atoms with Gasteiger partial charge in [0, 0.05) is 6.08 Å².